The highest BCUT2D eigenvalue weighted by molar-refractivity contribution is 5.04. The average molecular weight is 267 g/mol. The van der Waals surface area contributed by atoms with Gasteiger partial charge in [0.25, 0.3) is 0 Å². The Bertz CT molecular complexity index is 262. The molecule has 3 unspecified atom stereocenters. The number of hydrogen-bond acceptors (Lipinski definition) is 2. The summed E-state index contributed by atoms with van der Waals surface area (Å²) in [5, 5.41) is 3.79. The Labute approximate surface area is 119 Å². The Morgan fingerprint density at radius 1 is 1.21 bits per heavy atom. The van der Waals surface area contributed by atoms with Crippen molar-refractivity contribution in [1.29, 1.82) is 0 Å². The molecule has 0 spiro atoms. The Morgan fingerprint density at radius 2 is 1.95 bits per heavy atom. The molecule has 0 saturated heterocycles. The molecule has 0 aromatic rings. The van der Waals surface area contributed by atoms with Crippen LogP contribution in [0.25, 0.3) is 0 Å². The Kier molecular flexibility index (Phi) is 5.70. The lowest BCUT2D eigenvalue weighted by Crippen LogP contribution is -2.62. The molecule has 0 aromatic heterocycles. The number of hydrogen-bond donors (Lipinski definition) is 1. The highest BCUT2D eigenvalue weighted by Crippen LogP contribution is 2.45. The molecule has 3 atom stereocenters. The van der Waals surface area contributed by atoms with Gasteiger partial charge in [-0.15, -0.1) is 0 Å². The van der Waals surface area contributed by atoms with Crippen LogP contribution >= 0.6 is 0 Å². The first-order chi connectivity index (χ1) is 9.20. The molecule has 1 N–H and O–H groups in total. The molecule has 2 nitrogen and oxygen atoms in total. The van der Waals surface area contributed by atoms with E-state index in [-0.39, 0.29) is 0 Å². The molecule has 2 rings (SSSR count). The summed E-state index contributed by atoms with van der Waals surface area (Å²) in [6.45, 7) is 8.87. The molecule has 2 saturated carbocycles. The summed E-state index contributed by atoms with van der Waals surface area (Å²) in [5.41, 5.74) is 0.364. The van der Waals surface area contributed by atoms with E-state index in [1.165, 1.54) is 57.9 Å². The average Bonchev–Trinajstić information content (AvgIpc) is 2.93. The van der Waals surface area contributed by atoms with E-state index < -0.39 is 0 Å². The summed E-state index contributed by atoms with van der Waals surface area (Å²) < 4.78 is 5.86. The molecule has 0 amide bonds. The first kappa shape index (κ1) is 15.3. The summed E-state index contributed by atoms with van der Waals surface area (Å²) in [6.07, 6.45) is 11.6. The van der Waals surface area contributed by atoms with Gasteiger partial charge in [-0.3, -0.25) is 0 Å². The molecule has 2 aliphatic rings. The molecule has 2 aliphatic carbocycles. The van der Waals surface area contributed by atoms with E-state index in [1.807, 2.05) is 0 Å². The van der Waals surface area contributed by atoms with E-state index in [0.717, 1.165) is 12.5 Å². The smallest absolute Gasteiger partial charge is 0.0658 e. The minimum Gasteiger partial charge on any atom is -0.378 e. The van der Waals surface area contributed by atoms with Crippen molar-refractivity contribution in [2.45, 2.75) is 84.3 Å². The molecular formula is C17H33NO. The lowest BCUT2D eigenvalue weighted by atomic mass is 9.61. The zero-order valence-electron chi connectivity index (χ0n) is 13.2. The molecule has 19 heavy (non-hydrogen) atoms. The third-order valence-corrected chi connectivity index (χ3v) is 5.77. The van der Waals surface area contributed by atoms with E-state index >= 15 is 0 Å². The minimum atomic E-state index is 0.364. The van der Waals surface area contributed by atoms with Crippen molar-refractivity contribution < 1.29 is 4.74 Å². The Hall–Kier alpha value is -0.0800. The molecule has 0 aromatic carbocycles. The van der Waals surface area contributed by atoms with Crippen molar-refractivity contribution in [2.24, 2.45) is 11.3 Å². The van der Waals surface area contributed by atoms with Gasteiger partial charge in [-0.05, 0) is 45.1 Å². The van der Waals surface area contributed by atoms with Crippen LogP contribution in [-0.4, -0.2) is 25.3 Å². The van der Waals surface area contributed by atoms with Crippen molar-refractivity contribution in [2.75, 3.05) is 13.2 Å². The fourth-order valence-corrected chi connectivity index (χ4v) is 4.03. The molecule has 0 aliphatic heterocycles. The van der Waals surface area contributed by atoms with Crippen LogP contribution in [0.1, 0.15) is 72.1 Å². The standard InChI is InChI=1S/C17H33NO/c1-4-17(3)15(13-16(17)19-5-2)18-12-8-11-14-9-6-7-10-14/h14-16,18H,4-13H2,1-3H3. The van der Waals surface area contributed by atoms with Crippen LogP contribution in [-0.2, 0) is 4.74 Å². The Balaban J connectivity index is 1.63. The van der Waals surface area contributed by atoms with Gasteiger partial charge in [0.05, 0.1) is 6.10 Å². The normalized spacial score (nSPS) is 35.5. The van der Waals surface area contributed by atoms with Crippen LogP contribution in [0.2, 0.25) is 0 Å². The predicted octanol–water partition coefficient (Wildman–Crippen LogP) is 4.14. The molecule has 2 fully saturated rings. The summed E-state index contributed by atoms with van der Waals surface area (Å²) >= 11 is 0. The summed E-state index contributed by atoms with van der Waals surface area (Å²) in [6, 6.07) is 0.678. The largest absolute Gasteiger partial charge is 0.378 e. The first-order valence-electron chi connectivity index (χ1n) is 8.55. The second-order valence-corrected chi connectivity index (χ2v) is 6.84. The van der Waals surface area contributed by atoms with E-state index in [4.69, 9.17) is 4.74 Å². The second-order valence-electron chi connectivity index (χ2n) is 6.84. The number of ether oxygens (including phenoxy) is 1. The van der Waals surface area contributed by atoms with Gasteiger partial charge in [0.1, 0.15) is 0 Å². The lowest BCUT2D eigenvalue weighted by molar-refractivity contribution is -0.125. The van der Waals surface area contributed by atoms with E-state index in [2.05, 4.69) is 26.1 Å². The van der Waals surface area contributed by atoms with Gasteiger partial charge in [-0.25, -0.2) is 0 Å². The van der Waals surface area contributed by atoms with Gasteiger partial charge < -0.3 is 10.1 Å². The highest BCUT2D eigenvalue weighted by atomic mass is 16.5. The summed E-state index contributed by atoms with van der Waals surface area (Å²) in [4.78, 5) is 0. The van der Waals surface area contributed by atoms with Crippen molar-refractivity contribution in [3.63, 3.8) is 0 Å². The van der Waals surface area contributed by atoms with Gasteiger partial charge in [0, 0.05) is 18.1 Å². The van der Waals surface area contributed by atoms with Crippen molar-refractivity contribution in [3.05, 3.63) is 0 Å². The van der Waals surface area contributed by atoms with Gasteiger partial charge in [-0.1, -0.05) is 39.5 Å². The number of nitrogens with one attached hydrogen (secondary N) is 1. The maximum Gasteiger partial charge on any atom is 0.0658 e. The summed E-state index contributed by atoms with van der Waals surface area (Å²) in [5.74, 6) is 1.04. The van der Waals surface area contributed by atoms with Crippen LogP contribution in [0.5, 0.6) is 0 Å². The third kappa shape index (κ3) is 3.52. The van der Waals surface area contributed by atoms with Gasteiger partial charge >= 0.3 is 0 Å². The van der Waals surface area contributed by atoms with Gasteiger partial charge in [-0.2, -0.15) is 0 Å². The first-order valence-corrected chi connectivity index (χ1v) is 8.55. The van der Waals surface area contributed by atoms with Gasteiger partial charge in [0.15, 0.2) is 0 Å². The fourth-order valence-electron chi connectivity index (χ4n) is 4.03. The zero-order chi connectivity index (χ0) is 13.7. The van der Waals surface area contributed by atoms with Crippen LogP contribution in [0, 0.1) is 11.3 Å². The van der Waals surface area contributed by atoms with Crippen LogP contribution in [0.3, 0.4) is 0 Å². The fraction of sp³-hybridized carbons (Fsp3) is 1.00. The molecule has 2 heteroatoms. The molecule has 0 heterocycles. The minimum absolute atomic E-state index is 0.364. The van der Waals surface area contributed by atoms with Gasteiger partial charge in [0.2, 0.25) is 0 Å². The van der Waals surface area contributed by atoms with Crippen LogP contribution in [0.15, 0.2) is 0 Å². The monoisotopic (exact) mass is 267 g/mol. The summed E-state index contributed by atoms with van der Waals surface area (Å²) in [7, 11) is 0. The second kappa shape index (κ2) is 7.08. The number of rotatable bonds is 8. The van der Waals surface area contributed by atoms with Crippen molar-refractivity contribution in [3.8, 4) is 0 Å². The van der Waals surface area contributed by atoms with E-state index in [9.17, 15) is 0 Å². The highest BCUT2D eigenvalue weighted by Gasteiger charge is 2.50. The lowest BCUT2D eigenvalue weighted by Gasteiger charge is -2.54. The SMILES string of the molecule is CCOC1CC(NCCCC2CCCC2)C1(C)CC. The third-order valence-electron chi connectivity index (χ3n) is 5.77. The topological polar surface area (TPSA) is 21.3 Å². The molecule has 0 bridgehead atoms. The van der Waals surface area contributed by atoms with E-state index in [0.29, 0.717) is 17.6 Å². The maximum atomic E-state index is 5.86. The van der Waals surface area contributed by atoms with Crippen LogP contribution < -0.4 is 5.32 Å². The van der Waals surface area contributed by atoms with Crippen molar-refractivity contribution >= 4 is 0 Å². The molecular weight excluding hydrogens is 234 g/mol. The molecule has 112 valence electrons. The molecule has 0 radical (unpaired) electrons. The quantitative estimate of drug-likeness (QED) is 0.667. The predicted molar refractivity (Wildman–Crippen MR) is 81.4 cm³/mol. The van der Waals surface area contributed by atoms with Crippen molar-refractivity contribution in [1.82, 2.24) is 5.32 Å². The Morgan fingerprint density at radius 3 is 2.58 bits per heavy atom. The van der Waals surface area contributed by atoms with Crippen LogP contribution in [0.4, 0.5) is 0 Å². The zero-order valence-corrected chi connectivity index (χ0v) is 13.2. The van der Waals surface area contributed by atoms with E-state index in [1.54, 1.807) is 0 Å². The maximum absolute atomic E-state index is 5.86.